The van der Waals surface area contributed by atoms with Crippen LogP contribution in [0.3, 0.4) is 0 Å². The third-order valence-electron chi connectivity index (χ3n) is 1.86. The molecule has 0 heterocycles. The molecule has 0 saturated heterocycles. The molecule has 2 N–H and O–H groups in total. The van der Waals surface area contributed by atoms with Crippen molar-refractivity contribution in [1.29, 1.82) is 0 Å². The lowest BCUT2D eigenvalue weighted by Crippen LogP contribution is -2.05. The van der Waals surface area contributed by atoms with Crippen molar-refractivity contribution in [2.75, 3.05) is 0 Å². The first-order valence-electron chi connectivity index (χ1n) is 4.04. The van der Waals surface area contributed by atoms with Crippen LogP contribution < -0.4 is 5.73 Å². The summed E-state index contributed by atoms with van der Waals surface area (Å²) in [6, 6.07) is 4.76. The van der Waals surface area contributed by atoms with Gasteiger partial charge in [0.1, 0.15) is 0 Å². The van der Waals surface area contributed by atoms with Gasteiger partial charge in [-0.1, -0.05) is 18.2 Å². The fourth-order valence-corrected chi connectivity index (χ4v) is 1.02. The Balaban J connectivity index is 3.01. The molecule has 0 aliphatic carbocycles. The lowest BCUT2D eigenvalue weighted by atomic mass is 10.1. The summed E-state index contributed by atoms with van der Waals surface area (Å²) in [5, 5.41) is 0. The van der Waals surface area contributed by atoms with Gasteiger partial charge in [-0.2, -0.15) is 13.2 Å². The average Bonchev–Trinajstić information content (AvgIpc) is 2.15. The maximum Gasteiger partial charge on any atom is 0.416 e. The number of hydrogen-bond acceptors (Lipinski definition) is 1. The monoisotopic (exact) mass is 201 g/mol. The number of hydrogen-bond donors (Lipinski definition) is 1. The van der Waals surface area contributed by atoms with Gasteiger partial charge in [0.15, 0.2) is 0 Å². The Labute approximate surface area is 80.0 Å². The predicted octanol–water partition coefficient (Wildman–Crippen LogP) is 3.02. The van der Waals surface area contributed by atoms with Gasteiger partial charge >= 0.3 is 6.18 Å². The smallest absolute Gasteiger partial charge is 0.399 e. The van der Waals surface area contributed by atoms with Crippen molar-refractivity contribution in [2.24, 2.45) is 5.73 Å². The van der Waals surface area contributed by atoms with E-state index in [0.717, 1.165) is 12.1 Å². The highest BCUT2D eigenvalue weighted by Crippen LogP contribution is 2.29. The molecule has 14 heavy (non-hydrogen) atoms. The number of halogens is 3. The molecule has 0 fully saturated rings. The third-order valence-corrected chi connectivity index (χ3v) is 1.86. The van der Waals surface area contributed by atoms with Gasteiger partial charge in [0, 0.05) is 5.70 Å². The molecule has 0 unspecified atom stereocenters. The van der Waals surface area contributed by atoms with E-state index in [1.807, 2.05) is 0 Å². The van der Waals surface area contributed by atoms with E-state index in [2.05, 4.69) is 0 Å². The van der Waals surface area contributed by atoms with Crippen molar-refractivity contribution < 1.29 is 13.2 Å². The average molecular weight is 201 g/mol. The van der Waals surface area contributed by atoms with Crippen LogP contribution in [0.5, 0.6) is 0 Å². The van der Waals surface area contributed by atoms with Crippen LogP contribution in [-0.2, 0) is 6.18 Å². The molecular formula is C10H10F3N. The second-order valence-electron chi connectivity index (χ2n) is 2.82. The first-order chi connectivity index (χ1) is 6.45. The SMILES string of the molecule is C/C=C(\N)c1ccc(C(F)(F)F)cc1. The minimum Gasteiger partial charge on any atom is -0.399 e. The Hall–Kier alpha value is -1.45. The van der Waals surface area contributed by atoms with Gasteiger partial charge in [-0.05, 0) is 24.6 Å². The van der Waals surface area contributed by atoms with Crippen LogP contribution in [0.4, 0.5) is 13.2 Å². The van der Waals surface area contributed by atoms with E-state index in [4.69, 9.17) is 5.73 Å². The maximum absolute atomic E-state index is 12.2. The van der Waals surface area contributed by atoms with Crippen molar-refractivity contribution in [3.05, 3.63) is 41.5 Å². The molecule has 0 saturated carbocycles. The van der Waals surface area contributed by atoms with Crippen molar-refractivity contribution in [3.8, 4) is 0 Å². The van der Waals surface area contributed by atoms with Crippen LogP contribution in [0.2, 0.25) is 0 Å². The lowest BCUT2D eigenvalue weighted by molar-refractivity contribution is -0.137. The largest absolute Gasteiger partial charge is 0.416 e. The van der Waals surface area contributed by atoms with Crippen LogP contribution in [0.15, 0.2) is 30.3 Å². The number of allylic oxidation sites excluding steroid dienone is 1. The molecule has 0 bridgehead atoms. The number of benzene rings is 1. The molecule has 0 aliphatic heterocycles. The quantitative estimate of drug-likeness (QED) is 0.742. The molecule has 1 nitrogen and oxygen atoms in total. The molecule has 0 aliphatic rings. The Bertz CT molecular complexity index is 335. The molecule has 0 amide bonds. The van der Waals surface area contributed by atoms with Crippen LogP contribution in [0.25, 0.3) is 5.70 Å². The highest BCUT2D eigenvalue weighted by Gasteiger charge is 2.29. The van der Waals surface area contributed by atoms with Crippen LogP contribution in [0, 0.1) is 0 Å². The molecule has 1 aromatic rings. The van der Waals surface area contributed by atoms with Gasteiger partial charge in [-0.25, -0.2) is 0 Å². The Morgan fingerprint density at radius 2 is 1.71 bits per heavy atom. The zero-order valence-corrected chi connectivity index (χ0v) is 7.60. The molecule has 1 rings (SSSR count). The molecule has 0 aromatic heterocycles. The van der Waals surface area contributed by atoms with Crippen LogP contribution >= 0.6 is 0 Å². The summed E-state index contributed by atoms with van der Waals surface area (Å²) in [6.07, 6.45) is -2.65. The van der Waals surface area contributed by atoms with Gasteiger partial charge in [-0.15, -0.1) is 0 Å². The summed E-state index contributed by atoms with van der Waals surface area (Å²) >= 11 is 0. The zero-order chi connectivity index (χ0) is 10.8. The topological polar surface area (TPSA) is 26.0 Å². The Morgan fingerprint density at radius 3 is 2.07 bits per heavy atom. The number of alkyl halides is 3. The Kier molecular flexibility index (Phi) is 2.84. The van der Waals surface area contributed by atoms with Gasteiger partial charge in [0.25, 0.3) is 0 Å². The molecular weight excluding hydrogens is 191 g/mol. The standard InChI is InChI=1S/C10H10F3N/c1-2-9(14)7-3-5-8(6-4-7)10(11,12)13/h2-6H,14H2,1H3/b9-2-. The van der Waals surface area contributed by atoms with E-state index < -0.39 is 11.7 Å². The lowest BCUT2D eigenvalue weighted by Gasteiger charge is -2.07. The summed E-state index contributed by atoms with van der Waals surface area (Å²) in [7, 11) is 0. The minimum atomic E-state index is -4.29. The van der Waals surface area contributed by atoms with E-state index in [1.165, 1.54) is 12.1 Å². The third kappa shape index (κ3) is 2.28. The zero-order valence-electron chi connectivity index (χ0n) is 7.60. The summed E-state index contributed by atoms with van der Waals surface area (Å²) in [4.78, 5) is 0. The normalized spacial score (nSPS) is 13.0. The summed E-state index contributed by atoms with van der Waals surface area (Å²) in [5.74, 6) is 0. The van der Waals surface area contributed by atoms with Gasteiger partial charge in [0.2, 0.25) is 0 Å². The molecule has 0 atom stereocenters. The molecule has 76 valence electrons. The minimum absolute atomic E-state index is 0.471. The number of nitrogens with two attached hydrogens (primary N) is 1. The predicted molar refractivity (Wildman–Crippen MR) is 49.3 cm³/mol. The van der Waals surface area contributed by atoms with Crippen molar-refractivity contribution in [1.82, 2.24) is 0 Å². The molecule has 4 heteroatoms. The fraction of sp³-hybridized carbons (Fsp3) is 0.200. The first kappa shape index (κ1) is 10.6. The summed E-state index contributed by atoms with van der Waals surface area (Å²) in [5.41, 5.74) is 5.94. The molecule has 1 aromatic carbocycles. The second kappa shape index (κ2) is 3.74. The van der Waals surface area contributed by atoms with Crippen molar-refractivity contribution >= 4 is 5.70 Å². The van der Waals surface area contributed by atoms with E-state index in [9.17, 15) is 13.2 Å². The first-order valence-corrected chi connectivity index (χ1v) is 4.04. The summed E-state index contributed by atoms with van der Waals surface area (Å²) in [6.45, 7) is 1.73. The van der Waals surface area contributed by atoms with Crippen LogP contribution in [-0.4, -0.2) is 0 Å². The Morgan fingerprint density at radius 1 is 1.21 bits per heavy atom. The van der Waals surface area contributed by atoms with E-state index >= 15 is 0 Å². The second-order valence-corrected chi connectivity index (χ2v) is 2.82. The molecule has 0 radical (unpaired) electrons. The van der Waals surface area contributed by atoms with Gasteiger partial charge in [-0.3, -0.25) is 0 Å². The van der Waals surface area contributed by atoms with E-state index in [0.29, 0.717) is 11.3 Å². The maximum atomic E-state index is 12.2. The van der Waals surface area contributed by atoms with Crippen molar-refractivity contribution in [2.45, 2.75) is 13.1 Å². The number of rotatable bonds is 1. The van der Waals surface area contributed by atoms with Crippen LogP contribution in [0.1, 0.15) is 18.1 Å². The highest BCUT2D eigenvalue weighted by atomic mass is 19.4. The summed E-state index contributed by atoms with van der Waals surface area (Å²) < 4.78 is 36.5. The highest BCUT2D eigenvalue weighted by molar-refractivity contribution is 5.62. The fourth-order valence-electron chi connectivity index (χ4n) is 1.02. The van der Waals surface area contributed by atoms with E-state index in [1.54, 1.807) is 13.0 Å². The van der Waals surface area contributed by atoms with Gasteiger partial charge in [0.05, 0.1) is 5.56 Å². The van der Waals surface area contributed by atoms with Gasteiger partial charge < -0.3 is 5.73 Å². The van der Waals surface area contributed by atoms with E-state index in [-0.39, 0.29) is 0 Å². The van der Waals surface area contributed by atoms with Crippen molar-refractivity contribution in [3.63, 3.8) is 0 Å². The molecule has 0 spiro atoms.